The minimum Gasteiger partial charge on any atom is -0.394 e. The highest BCUT2D eigenvalue weighted by molar-refractivity contribution is 7.20. The molecule has 0 fully saturated rings. The number of hydrogen-bond acceptors (Lipinski definition) is 4. The first-order valence-corrected chi connectivity index (χ1v) is 7.88. The number of thiophene rings is 1. The van der Waals surface area contributed by atoms with Gasteiger partial charge in [0, 0.05) is 11.4 Å². The molecule has 0 saturated heterocycles. The Kier molecular flexibility index (Phi) is 3.96. The standard InChI is InChI=1S/C16H17N3O2S/c1-10(9-20)17-15(21)14-8-13-11(2)18-19(16(13)22-14)12-6-4-3-5-7-12/h3-8,10,20H,9H2,1-2H3,(H,17,21)/t10-/m1/s1. The van der Waals surface area contributed by atoms with Crippen LogP contribution >= 0.6 is 11.3 Å². The molecule has 1 amide bonds. The maximum absolute atomic E-state index is 12.2. The number of benzene rings is 1. The minimum atomic E-state index is -0.260. The summed E-state index contributed by atoms with van der Waals surface area (Å²) < 4.78 is 1.86. The molecule has 3 aromatic rings. The number of aromatic nitrogens is 2. The zero-order valence-corrected chi connectivity index (χ0v) is 13.2. The molecule has 5 nitrogen and oxygen atoms in total. The lowest BCUT2D eigenvalue weighted by Crippen LogP contribution is -2.34. The van der Waals surface area contributed by atoms with E-state index in [1.165, 1.54) is 11.3 Å². The van der Waals surface area contributed by atoms with Gasteiger partial charge in [-0.1, -0.05) is 18.2 Å². The van der Waals surface area contributed by atoms with Crippen molar-refractivity contribution in [1.82, 2.24) is 15.1 Å². The number of nitrogens with zero attached hydrogens (tertiary/aromatic N) is 2. The van der Waals surface area contributed by atoms with Crippen LogP contribution in [0.5, 0.6) is 0 Å². The molecule has 2 aromatic heterocycles. The number of nitrogens with one attached hydrogen (secondary N) is 1. The summed E-state index contributed by atoms with van der Waals surface area (Å²) in [6.07, 6.45) is 0. The lowest BCUT2D eigenvalue weighted by Gasteiger charge is -2.08. The average Bonchev–Trinajstić information content (AvgIpc) is 3.09. The zero-order valence-electron chi connectivity index (χ0n) is 12.4. The van der Waals surface area contributed by atoms with Gasteiger partial charge in [-0.05, 0) is 32.0 Å². The average molecular weight is 315 g/mol. The molecule has 2 heterocycles. The molecule has 1 atom stereocenters. The van der Waals surface area contributed by atoms with Crippen LogP contribution in [0.2, 0.25) is 0 Å². The van der Waals surface area contributed by atoms with Crippen molar-refractivity contribution in [3.05, 3.63) is 47.0 Å². The number of para-hydroxylation sites is 1. The zero-order chi connectivity index (χ0) is 15.7. The summed E-state index contributed by atoms with van der Waals surface area (Å²) in [5, 5.41) is 17.3. The Morgan fingerprint density at radius 1 is 1.41 bits per heavy atom. The predicted molar refractivity (Wildman–Crippen MR) is 87.7 cm³/mol. The van der Waals surface area contributed by atoms with Crippen molar-refractivity contribution in [3.63, 3.8) is 0 Å². The van der Waals surface area contributed by atoms with Crippen LogP contribution in [-0.4, -0.2) is 33.4 Å². The molecule has 0 aliphatic carbocycles. The number of amides is 1. The topological polar surface area (TPSA) is 67.2 Å². The third-order valence-electron chi connectivity index (χ3n) is 3.42. The number of aliphatic hydroxyl groups excluding tert-OH is 1. The number of carbonyl (C=O) groups excluding carboxylic acids is 1. The normalized spacial score (nSPS) is 12.5. The van der Waals surface area contributed by atoms with Crippen LogP contribution in [0.15, 0.2) is 36.4 Å². The number of rotatable bonds is 4. The van der Waals surface area contributed by atoms with Gasteiger partial charge in [0.2, 0.25) is 0 Å². The Morgan fingerprint density at radius 3 is 2.82 bits per heavy atom. The summed E-state index contributed by atoms with van der Waals surface area (Å²) in [5.74, 6) is -0.165. The molecule has 114 valence electrons. The fraction of sp³-hybridized carbons (Fsp3) is 0.250. The van der Waals surface area contributed by atoms with Crippen LogP contribution in [0.4, 0.5) is 0 Å². The largest absolute Gasteiger partial charge is 0.394 e. The Balaban J connectivity index is 2.02. The van der Waals surface area contributed by atoms with E-state index < -0.39 is 0 Å². The first-order chi connectivity index (χ1) is 10.6. The van der Waals surface area contributed by atoms with Gasteiger partial charge in [0.05, 0.1) is 22.9 Å². The van der Waals surface area contributed by atoms with E-state index in [0.717, 1.165) is 21.6 Å². The molecule has 0 saturated carbocycles. The second-order valence-corrected chi connectivity index (χ2v) is 6.25. The Labute approximate surface area is 132 Å². The van der Waals surface area contributed by atoms with Gasteiger partial charge < -0.3 is 10.4 Å². The molecular weight excluding hydrogens is 298 g/mol. The van der Waals surface area contributed by atoms with Gasteiger partial charge in [-0.2, -0.15) is 5.10 Å². The van der Waals surface area contributed by atoms with Crippen LogP contribution in [0, 0.1) is 6.92 Å². The van der Waals surface area contributed by atoms with Gasteiger partial charge in [-0.15, -0.1) is 11.3 Å². The van der Waals surface area contributed by atoms with E-state index in [0.29, 0.717) is 4.88 Å². The molecular formula is C16H17N3O2S. The molecule has 2 N–H and O–H groups in total. The summed E-state index contributed by atoms with van der Waals surface area (Å²) in [7, 11) is 0. The van der Waals surface area contributed by atoms with E-state index in [4.69, 9.17) is 5.11 Å². The van der Waals surface area contributed by atoms with Crippen LogP contribution in [0.25, 0.3) is 15.9 Å². The first kappa shape index (κ1) is 14.7. The van der Waals surface area contributed by atoms with E-state index in [9.17, 15) is 4.79 Å². The Morgan fingerprint density at radius 2 is 2.14 bits per heavy atom. The van der Waals surface area contributed by atoms with E-state index in [-0.39, 0.29) is 18.6 Å². The highest BCUT2D eigenvalue weighted by Gasteiger charge is 2.17. The highest BCUT2D eigenvalue weighted by Crippen LogP contribution is 2.30. The second kappa shape index (κ2) is 5.90. The van der Waals surface area contributed by atoms with Gasteiger partial charge in [0.15, 0.2) is 0 Å². The monoisotopic (exact) mass is 315 g/mol. The highest BCUT2D eigenvalue weighted by atomic mass is 32.1. The van der Waals surface area contributed by atoms with Crippen molar-refractivity contribution in [1.29, 1.82) is 0 Å². The van der Waals surface area contributed by atoms with Crippen molar-refractivity contribution in [2.24, 2.45) is 0 Å². The molecule has 0 aliphatic rings. The fourth-order valence-corrected chi connectivity index (χ4v) is 3.33. The quantitative estimate of drug-likeness (QED) is 0.777. The molecule has 0 unspecified atom stereocenters. The minimum absolute atomic E-state index is 0.0759. The Bertz CT molecular complexity index is 808. The molecule has 0 spiro atoms. The molecule has 0 aliphatic heterocycles. The molecule has 1 aromatic carbocycles. The van der Waals surface area contributed by atoms with Gasteiger partial charge in [0.1, 0.15) is 4.83 Å². The predicted octanol–water partition coefficient (Wildman–Crippen LogP) is 2.51. The third-order valence-corrected chi connectivity index (χ3v) is 4.53. The summed E-state index contributed by atoms with van der Waals surface area (Å²) in [6, 6.07) is 11.5. The van der Waals surface area contributed by atoms with Crippen molar-refractivity contribution in [3.8, 4) is 5.69 Å². The van der Waals surface area contributed by atoms with Crippen LogP contribution in [0.3, 0.4) is 0 Å². The molecule has 0 bridgehead atoms. The van der Waals surface area contributed by atoms with Crippen molar-refractivity contribution in [2.75, 3.05) is 6.61 Å². The Hall–Kier alpha value is -2.18. The van der Waals surface area contributed by atoms with Crippen molar-refractivity contribution in [2.45, 2.75) is 19.9 Å². The van der Waals surface area contributed by atoms with E-state index in [1.54, 1.807) is 6.92 Å². The smallest absolute Gasteiger partial charge is 0.261 e. The molecule has 3 rings (SSSR count). The summed E-state index contributed by atoms with van der Waals surface area (Å²) >= 11 is 1.41. The molecule has 22 heavy (non-hydrogen) atoms. The van der Waals surface area contributed by atoms with E-state index >= 15 is 0 Å². The van der Waals surface area contributed by atoms with Crippen molar-refractivity contribution < 1.29 is 9.90 Å². The van der Waals surface area contributed by atoms with E-state index in [1.807, 2.05) is 48.0 Å². The van der Waals surface area contributed by atoms with Crippen molar-refractivity contribution >= 4 is 27.5 Å². The summed E-state index contributed by atoms with van der Waals surface area (Å²) in [4.78, 5) is 13.8. The van der Waals surface area contributed by atoms with Crippen LogP contribution < -0.4 is 5.32 Å². The van der Waals surface area contributed by atoms with E-state index in [2.05, 4.69) is 10.4 Å². The SMILES string of the molecule is Cc1nn(-c2ccccc2)c2sc(C(=O)N[C@H](C)CO)cc12. The van der Waals surface area contributed by atoms with Gasteiger partial charge in [-0.3, -0.25) is 4.79 Å². The maximum atomic E-state index is 12.2. The van der Waals surface area contributed by atoms with Gasteiger partial charge in [-0.25, -0.2) is 4.68 Å². The fourth-order valence-electron chi connectivity index (χ4n) is 2.24. The van der Waals surface area contributed by atoms with Gasteiger partial charge in [0.25, 0.3) is 5.91 Å². The second-order valence-electron chi connectivity index (χ2n) is 5.22. The number of hydrogen-bond donors (Lipinski definition) is 2. The van der Waals surface area contributed by atoms with Gasteiger partial charge >= 0.3 is 0 Å². The van der Waals surface area contributed by atoms with Crippen LogP contribution in [0.1, 0.15) is 22.3 Å². The number of carbonyl (C=O) groups is 1. The lowest BCUT2D eigenvalue weighted by atomic mass is 10.3. The maximum Gasteiger partial charge on any atom is 0.261 e. The first-order valence-electron chi connectivity index (χ1n) is 7.06. The third kappa shape index (κ3) is 2.63. The summed E-state index contributed by atoms with van der Waals surface area (Å²) in [5.41, 5.74) is 1.86. The summed E-state index contributed by atoms with van der Waals surface area (Å²) in [6.45, 7) is 3.63. The number of fused-ring (bicyclic) bond motifs is 1. The molecule has 6 heteroatoms. The number of aliphatic hydroxyl groups is 1. The number of aryl methyl sites for hydroxylation is 1. The molecule has 0 radical (unpaired) electrons. The van der Waals surface area contributed by atoms with Crippen LogP contribution in [-0.2, 0) is 0 Å². The lowest BCUT2D eigenvalue weighted by molar-refractivity contribution is 0.0926.